The van der Waals surface area contributed by atoms with E-state index in [1.165, 1.54) is 0 Å². The van der Waals surface area contributed by atoms with Gasteiger partial charge in [-0.15, -0.1) is 0 Å². The minimum Gasteiger partial charge on any atom is -0.481 e. The molecule has 2 unspecified atom stereocenters. The van der Waals surface area contributed by atoms with Gasteiger partial charge in [-0.2, -0.15) is 8.42 Å². The van der Waals surface area contributed by atoms with Gasteiger partial charge in [0.25, 0.3) is 10.1 Å². The van der Waals surface area contributed by atoms with E-state index >= 15 is 0 Å². The van der Waals surface area contributed by atoms with E-state index in [0.29, 0.717) is 0 Å². The second kappa shape index (κ2) is 8.51. The van der Waals surface area contributed by atoms with Crippen molar-refractivity contribution < 1.29 is 42.7 Å². The van der Waals surface area contributed by atoms with Gasteiger partial charge in [0.1, 0.15) is 11.4 Å². The number of nitrogens with one attached hydrogen (secondary N) is 2. The highest BCUT2D eigenvalue weighted by Crippen LogP contribution is 2.00. The van der Waals surface area contributed by atoms with Gasteiger partial charge in [-0.3, -0.25) is 24.3 Å². The van der Waals surface area contributed by atoms with Crippen LogP contribution in [-0.2, 0) is 24.5 Å². The fraction of sp³-hybridized carbons (Fsp3) is 0.667. The van der Waals surface area contributed by atoms with E-state index in [4.69, 9.17) is 19.9 Å². The van der Waals surface area contributed by atoms with Gasteiger partial charge in [-0.1, -0.05) is 0 Å². The summed E-state index contributed by atoms with van der Waals surface area (Å²) in [7, 11) is -4.63. The molecule has 0 aliphatic carbocycles. The standard InChI is InChI=1S/C9H16N2O9S/c12-7(13)3-5(9(16)17)10-1-2-11-6(4-8(14)15)21(18,19)20/h5-6,10-11H,1-4H2,(H,12,13)(H,14,15)(H,16,17)(H,18,19,20). The normalized spacial score (nSPS) is 14.3. The number of rotatable bonds is 11. The van der Waals surface area contributed by atoms with Crippen molar-refractivity contribution in [3.8, 4) is 0 Å². The van der Waals surface area contributed by atoms with Gasteiger partial charge in [-0.25, -0.2) is 0 Å². The summed E-state index contributed by atoms with van der Waals surface area (Å²) in [4.78, 5) is 31.6. The van der Waals surface area contributed by atoms with Crippen molar-refractivity contribution in [1.82, 2.24) is 10.6 Å². The first kappa shape index (κ1) is 19.2. The second-order valence-electron chi connectivity index (χ2n) is 4.00. The predicted octanol–water partition coefficient (Wildman–Crippen LogP) is -2.22. The van der Waals surface area contributed by atoms with Crippen molar-refractivity contribution in [1.29, 1.82) is 0 Å². The molecule has 0 heterocycles. The third-order valence-electron chi connectivity index (χ3n) is 2.28. The van der Waals surface area contributed by atoms with Crippen molar-refractivity contribution in [2.45, 2.75) is 24.3 Å². The Kier molecular flexibility index (Phi) is 7.80. The molecule has 0 aromatic carbocycles. The van der Waals surface area contributed by atoms with Crippen LogP contribution in [0.3, 0.4) is 0 Å². The molecule has 0 saturated carbocycles. The van der Waals surface area contributed by atoms with E-state index in [1.54, 1.807) is 0 Å². The molecule has 21 heavy (non-hydrogen) atoms. The Hall–Kier alpha value is -1.76. The van der Waals surface area contributed by atoms with Crippen molar-refractivity contribution >= 4 is 28.0 Å². The van der Waals surface area contributed by atoms with Crippen molar-refractivity contribution in [2.75, 3.05) is 13.1 Å². The lowest BCUT2D eigenvalue weighted by molar-refractivity contribution is -0.145. The van der Waals surface area contributed by atoms with Crippen LogP contribution < -0.4 is 10.6 Å². The predicted molar refractivity (Wildman–Crippen MR) is 67.3 cm³/mol. The monoisotopic (exact) mass is 328 g/mol. The molecule has 11 nitrogen and oxygen atoms in total. The highest BCUT2D eigenvalue weighted by atomic mass is 32.2. The average Bonchev–Trinajstić information content (AvgIpc) is 2.28. The molecule has 0 amide bonds. The smallest absolute Gasteiger partial charge is 0.321 e. The topological polar surface area (TPSA) is 190 Å². The molecular weight excluding hydrogens is 312 g/mol. The number of hydrogen-bond acceptors (Lipinski definition) is 7. The quantitative estimate of drug-likeness (QED) is 0.178. The summed E-state index contributed by atoms with van der Waals surface area (Å²) in [6, 6.07) is -1.37. The molecule has 0 fully saturated rings. The minimum atomic E-state index is -4.63. The Bertz CT molecular complexity index is 489. The first-order valence-electron chi connectivity index (χ1n) is 5.63. The van der Waals surface area contributed by atoms with E-state index in [2.05, 4.69) is 10.6 Å². The molecule has 0 bridgehead atoms. The van der Waals surface area contributed by atoms with Crippen molar-refractivity contribution in [3.63, 3.8) is 0 Å². The third-order valence-corrected chi connectivity index (χ3v) is 3.34. The van der Waals surface area contributed by atoms with Gasteiger partial charge >= 0.3 is 17.9 Å². The number of hydrogen-bond donors (Lipinski definition) is 6. The summed E-state index contributed by atoms with van der Waals surface area (Å²) in [6.45, 7) is -0.336. The molecule has 0 saturated heterocycles. The fourth-order valence-electron chi connectivity index (χ4n) is 1.34. The maximum Gasteiger partial charge on any atom is 0.321 e. The first-order chi connectivity index (χ1) is 9.54. The molecule has 0 spiro atoms. The molecule has 6 N–H and O–H groups in total. The van der Waals surface area contributed by atoms with Crippen molar-refractivity contribution in [2.24, 2.45) is 0 Å². The van der Waals surface area contributed by atoms with Gasteiger partial charge in [0, 0.05) is 13.1 Å². The molecule has 12 heteroatoms. The maximum absolute atomic E-state index is 10.9. The lowest BCUT2D eigenvalue weighted by Gasteiger charge is -2.16. The maximum atomic E-state index is 10.9. The van der Waals surface area contributed by atoms with Crippen LogP contribution in [0.4, 0.5) is 0 Å². The number of aliphatic carboxylic acids is 3. The van der Waals surface area contributed by atoms with Crippen LogP contribution in [0.25, 0.3) is 0 Å². The van der Waals surface area contributed by atoms with Crippen LogP contribution >= 0.6 is 0 Å². The lowest BCUT2D eigenvalue weighted by Crippen LogP contribution is -2.45. The summed E-state index contributed by atoms with van der Waals surface area (Å²) < 4.78 is 30.6. The molecule has 0 radical (unpaired) electrons. The van der Waals surface area contributed by atoms with Gasteiger partial charge in [-0.05, 0) is 0 Å². The molecule has 122 valence electrons. The Morgan fingerprint density at radius 2 is 1.38 bits per heavy atom. The van der Waals surface area contributed by atoms with Crippen LogP contribution in [0, 0.1) is 0 Å². The molecule has 0 rings (SSSR count). The van der Waals surface area contributed by atoms with Gasteiger partial charge in [0.15, 0.2) is 0 Å². The SMILES string of the molecule is O=C(O)CC(NCCNC(CC(=O)O)S(=O)(=O)O)C(=O)O. The largest absolute Gasteiger partial charge is 0.481 e. The van der Waals surface area contributed by atoms with E-state index in [-0.39, 0.29) is 13.1 Å². The molecule has 0 aliphatic heterocycles. The molecule has 0 aliphatic rings. The summed E-state index contributed by atoms with van der Waals surface area (Å²) in [5, 5.41) is 28.5. The Balaban J connectivity index is 4.34. The minimum absolute atomic E-state index is 0.143. The summed E-state index contributed by atoms with van der Waals surface area (Å²) >= 11 is 0. The van der Waals surface area contributed by atoms with E-state index < -0.39 is 52.3 Å². The van der Waals surface area contributed by atoms with Crippen LogP contribution in [0.15, 0.2) is 0 Å². The summed E-state index contributed by atoms with van der Waals surface area (Å²) in [5.41, 5.74) is 0. The van der Waals surface area contributed by atoms with Crippen molar-refractivity contribution in [3.05, 3.63) is 0 Å². The zero-order valence-corrected chi connectivity index (χ0v) is 11.5. The van der Waals surface area contributed by atoms with Gasteiger partial charge in [0.2, 0.25) is 0 Å². The van der Waals surface area contributed by atoms with Crippen LogP contribution in [0.5, 0.6) is 0 Å². The van der Waals surface area contributed by atoms with E-state index in [0.717, 1.165) is 0 Å². The molecular formula is C9H16N2O9S. The molecule has 0 aromatic heterocycles. The summed E-state index contributed by atoms with van der Waals surface area (Å²) in [6.07, 6.45) is -1.55. The second-order valence-corrected chi connectivity index (χ2v) is 5.60. The van der Waals surface area contributed by atoms with Gasteiger partial charge in [0.05, 0.1) is 12.8 Å². The fourth-order valence-corrected chi connectivity index (χ4v) is 2.02. The Morgan fingerprint density at radius 1 is 0.905 bits per heavy atom. The average molecular weight is 328 g/mol. The van der Waals surface area contributed by atoms with Gasteiger partial charge < -0.3 is 20.6 Å². The number of carboxylic acids is 3. The highest BCUT2D eigenvalue weighted by Gasteiger charge is 2.25. The van der Waals surface area contributed by atoms with Crippen LogP contribution in [0.1, 0.15) is 12.8 Å². The van der Waals surface area contributed by atoms with E-state index in [1.807, 2.05) is 0 Å². The number of carboxylic acid groups (broad SMARTS) is 3. The Morgan fingerprint density at radius 3 is 1.76 bits per heavy atom. The zero-order valence-electron chi connectivity index (χ0n) is 10.7. The first-order valence-corrected chi connectivity index (χ1v) is 7.13. The van der Waals surface area contributed by atoms with Crippen LogP contribution in [0.2, 0.25) is 0 Å². The third kappa shape index (κ3) is 8.91. The molecule has 2 atom stereocenters. The van der Waals surface area contributed by atoms with Crippen LogP contribution in [-0.4, -0.2) is 70.7 Å². The zero-order chi connectivity index (χ0) is 16.6. The summed E-state index contributed by atoms with van der Waals surface area (Å²) in [5.74, 6) is -4.17. The highest BCUT2D eigenvalue weighted by molar-refractivity contribution is 7.86. The lowest BCUT2D eigenvalue weighted by atomic mass is 10.2. The Labute approximate surface area is 119 Å². The number of carbonyl (C=O) groups is 3. The molecule has 0 aromatic rings. The van der Waals surface area contributed by atoms with E-state index in [9.17, 15) is 22.8 Å².